The first-order valence-electron chi connectivity index (χ1n) is 3.70. The lowest BCUT2D eigenvalue weighted by molar-refractivity contribution is 0.394. The van der Waals surface area contributed by atoms with E-state index < -0.39 is 5.63 Å². The molecule has 4 heteroatoms. The lowest BCUT2D eigenvalue weighted by Crippen LogP contribution is -1.85. The summed E-state index contributed by atoms with van der Waals surface area (Å²) in [7, 11) is 0. The minimum atomic E-state index is -0.445. The van der Waals surface area contributed by atoms with Crippen molar-refractivity contribution in [1.82, 2.24) is 5.16 Å². The summed E-state index contributed by atoms with van der Waals surface area (Å²) >= 11 is 0. The van der Waals surface area contributed by atoms with Crippen LogP contribution < -0.4 is 5.63 Å². The standard InChI is InChI=1S/C9H6FNO2/c10-7-3-1-6(2-4-7)8-5-9(12)13-11-8/h1-5,11H. The molecule has 2 aromatic rings. The monoisotopic (exact) mass is 179 g/mol. The smallest absolute Gasteiger partial charge is 0.339 e. The number of benzene rings is 1. The van der Waals surface area contributed by atoms with E-state index in [0.29, 0.717) is 11.3 Å². The number of aromatic amines is 1. The third-order valence-electron chi connectivity index (χ3n) is 1.68. The number of H-pyrrole nitrogens is 1. The SMILES string of the molecule is O=c1cc(-c2ccc(F)cc2)[nH]o1. The molecule has 0 amide bonds. The lowest BCUT2D eigenvalue weighted by atomic mass is 10.1. The second kappa shape index (κ2) is 2.90. The van der Waals surface area contributed by atoms with Gasteiger partial charge in [-0.3, -0.25) is 0 Å². The predicted molar refractivity (Wildman–Crippen MR) is 44.7 cm³/mol. The van der Waals surface area contributed by atoms with Crippen molar-refractivity contribution in [1.29, 1.82) is 0 Å². The van der Waals surface area contributed by atoms with Crippen LogP contribution in [0.25, 0.3) is 11.3 Å². The van der Waals surface area contributed by atoms with Gasteiger partial charge in [-0.1, -0.05) is 0 Å². The molecule has 0 fully saturated rings. The summed E-state index contributed by atoms with van der Waals surface area (Å²) < 4.78 is 17.0. The van der Waals surface area contributed by atoms with E-state index in [1.807, 2.05) is 0 Å². The van der Waals surface area contributed by atoms with Crippen molar-refractivity contribution in [2.45, 2.75) is 0 Å². The normalized spacial score (nSPS) is 10.2. The van der Waals surface area contributed by atoms with E-state index in [9.17, 15) is 9.18 Å². The lowest BCUT2D eigenvalue weighted by Gasteiger charge is -1.94. The Kier molecular flexibility index (Phi) is 1.73. The summed E-state index contributed by atoms with van der Waals surface area (Å²) in [6, 6.07) is 7.08. The zero-order valence-electron chi connectivity index (χ0n) is 6.58. The molecular weight excluding hydrogens is 173 g/mol. The largest absolute Gasteiger partial charge is 0.357 e. The molecule has 3 nitrogen and oxygen atoms in total. The highest BCUT2D eigenvalue weighted by molar-refractivity contribution is 5.57. The van der Waals surface area contributed by atoms with Crippen LogP contribution in [0, 0.1) is 5.82 Å². The predicted octanol–water partition coefficient (Wildman–Crippen LogP) is 1.77. The van der Waals surface area contributed by atoms with Crippen LogP contribution >= 0.6 is 0 Å². The van der Waals surface area contributed by atoms with Gasteiger partial charge < -0.3 is 4.52 Å². The van der Waals surface area contributed by atoms with E-state index in [0.717, 1.165) is 0 Å². The zero-order valence-corrected chi connectivity index (χ0v) is 6.58. The zero-order chi connectivity index (χ0) is 9.26. The number of halogens is 1. The van der Waals surface area contributed by atoms with E-state index in [1.165, 1.54) is 18.2 Å². The van der Waals surface area contributed by atoms with E-state index >= 15 is 0 Å². The Morgan fingerprint density at radius 3 is 2.46 bits per heavy atom. The van der Waals surface area contributed by atoms with Crippen molar-refractivity contribution < 1.29 is 8.91 Å². The fourth-order valence-electron chi connectivity index (χ4n) is 1.05. The molecule has 0 spiro atoms. The summed E-state index contributed by atoms with van der Waals surface area (Å²) in [5.41, 5.74) is 0.816. The molecule has 1 aromatic heterocycles. The van der Waals surface area contributed by atoms with Gasteiger partial charge in [0.25, 0.3) is 0 Å². The Bertz CT molecular complexity index is 455. The van der Waals surface area contributed by atoms with Gasteiger partial charge in [-0.2, -0.15) is 0 Å². The Labute approximate surface area is 72.8 Å². The van der Waals surface area contributed by atoms with Crippen LogP contribution in [0.4, 0.5) is 4.39 Å². The van der Waals surface area contributed by atoms with Crippen LogP contribution in [0.5, 0.6) is 0 Å². The van der Waals surface area contributed by atoms with Gasteiger partial charge in [0.05, 0.1) is 11.8 Å². The topological polar surface area (TPSA) is 46.0 Å². The number of aromatic nitrogens is 1. The van der Waals surface area contributed by atoms with Crippen LogP contribution in [0.2, 0.25) is 0 Å². The van der Waals surface area contributed by atoms with Crippen LogP contribution in [-0.4, -0.2) is 5.16 Å². The minimum absolute atomic E-state index is 0.311. The van der Waals surface area contributed by atoms with Gasteiger partial charge in [-0.15, -0.1) is 0 Å². The summed E-state index contributed by atoms with van der Waals surface area (Å²) in [6.07, 6.45) is 0. The van der Waals surface area contributed by atoms with Crippen molar-refractivity contribution in [3.8, 4) is 11.3 Å². The molecule has 0 saturated heterocycles. The Morgan fingerprint density at radius 1 is 1.23 bits per heavy atom. The van der Waals surface area contributed by atoms with E-state index in [1.54, 1.807) is 12.1 Å². The number of hydrogen-bond acceptors (Lipinski definition) is 2. The highest BCUT2D eigenvalue weighted by atomic mass is 19.1. The Hall–Kier alpha value is -1.84. The van der Waals surface area contributed by atoms with Crippen LogP contribution in [0.15, 0.2) is 39.6 Å². The summed E-state index contributed by atoms with van der Waals surface area (Å²) in [5, 5.41) is 2.43. The molecule has 0 saturated carbocycles. The van der Waals surface area contributed by atoms with Crippen molar-refractivity contribution in [3.63, 3.8) is 0 Å². The first-order chi connectivity index (χ1) is 6.25. The van der Waals surface area contributed by atoms with Crippen molar-refractivity contribution in [2.75, 3.05) is 0 Å². The van der Waals surface area contributed by atoms with Gasteiger partial charge in [0, 0.05) is 5.56 Å². The molecule has 66 valence electrons. The number of rotatable bonds is 1. The molecule has 0 radical (unpaired) electrons. The molecule has 1 N–H and O–H groups in total. The summed E-state index contributed by atoms with van der Waals surface area (Å²) in [4.78, 5) is 10.7. The molecular formula is C9H6FNO2. The fraction of sp³-hybridized carbons (Fsp3) is 0. The first kappa shape index (κ1) is 7.79. The van der Waals surface area contributed by atoms with Gasteiger partial charge in [0.1, 0.15) is 5.82 Å². The Morgan fingerprint density at radius 2 is 1.92 bits per heavy atom. The molecule has 1 aromatic carbocycles. The van der Waals surface area contributed by atoms with Gasteiger partial charge >= 0.3 is 5.63 Å². The molecule has 13 heavy (non-hydrogen) atoms. The third-order valence-corrected chi connectivity index (χ3v) is 1.68. The second-order valence-corrected chi connectivity index (χ2v) is 2.59. The molecule has 0 unspecified atom stereocenters. The van der Waals surface area contributed by atoms with Crippen LogP contribution in [0.1, 0.15) is 0 Å². The van der Waals surface area contributed by atoms with Crippen molar-refractivity contribution in [2.24, 2.45) is 0 Å². The van der Waals surface area contributed by atoms with Crippen LogP contribution in [-0.2, 0) is 0 Å². The maximum Gasteiger partial charge on any atom is 0.357 e. The molecule has 0 aliphatic heterocycles. The van der Waals surface area contributed by atoms with E-state index in [2.05, 4.69) is 9.68 Å². The number of nitrogens with one attached hydrogen (secondary N) is 1. The highest BCUT2D eigenvalue weighted by Crippen LogP contribution is 2.14. The van der Waals surface area contributed by atoms with Crippen molar-refractivity contribution in [3.05, 3.63) is 46.6 Å². The molecule has 1 heterocycles. The molecule has 0 aliphatic rings. The number of hydrogen-bond donors (Lipinski definition) is 1. The van der Waals surface area contributed by atoms with E-state index in [4.69, 9.17) is 0 Å². The molecule has 2 rings (SSSR count). The quantitative estimate of drug-likeness (QED) is 0.725. The van der Waals surface area contributed by atoms with Gasteiger partial charge in [-0.25, -0.2) is 14.3 Å². The summed E-state index contributed by atoms with van der Waals surface area (Å²) in [5.74, 6) is -0.311. The Balaban J connectivity index is 2.47. The minimum Gasteiger partial charge on any atom is -0.339 e. The van der Waals surface area contributed by atoms with E-state index in [-0.39, 0.29) is 5.82 Å². The second-order valence-electron chi connectivity index (χ2n) is 2.59. The fourth-order valence-corrected chi connectivity index (χ4v) is 1.05. The van der Waals surface area contributed by atoms with Crippen molar-refractivity contribution >= 4 is 0 Å². The maximum atomic E-state index is 12.5. The van der Waals surface area contributed by atoms with Crippen LogP contribution in [0.3, 0.4) is 0 Å². The average Bonchev–Trinajstić information content (AvgIpc) is 2.53. The maximum absolute atomic E-state index is 12.5. The molecule has 0 bridgehead atoms. The van der Waals surface area contributed by atoms with Gasteiger partial charge in [0.2, 0.25) is 0 Å². The highest BCUT2D eigenvalue weighted by Gasteiger charge is 2.01. The summed E-state index contributed by atoms with van der Waals surface area (Å²) in [6.45, 7) is 0. The van der Waals surface area contributed by atoms with Gasteiger partial charge in [0.15, 0.2) is 0 Å². The molecule has 0 atom stereocenters. The first-order valence-corrected chi connectivity index (χ1v) is 3.70. The van der Waals surface area contributed by atoms with Gasteiger partial charge in [-0.05, 0) is 24.3 Å². The molecule has 0 aliphatic carbocycles. The third kappa shape index (κ3) is 1.51. The average molecular weight is 179 g/mol.